The predicted octanol–water partition coefficient (Wildman–Crippen LogP) is 4.41. The molecule has 2 aromatic carbocycles. The zero-order valence-corrected chi connectivity index (χ0v) is 13.8. The van der Waals surface area contributed by atoms with Gasteiger partial charge in [0.2, 0.25) is 5.91 Å². The van der Waals surface area contributed by atoms with Crippen molar-refractivity contribution in [1.29, 1.82) is 0 Å². The second-order valence-corrected chi connectivity index (χ2v) is 5.78. The summed E-state index contributed by atoms with van der Waals surface area (Å²) in [6.07, 6.45) is 3.79. The Morgan fingerprint density at radius 3 is 2.35 bits per heavy atom. The Kier molecular flexibility index (Phi) is 6.10. The number of nitrogens with one attached hydrogen (secondary N) is 1. The summed E-state index contributed by atoms with van der Waals surface area (Å²) in [6, 6.07) is 15.2. The summed E-state index contributed by atoms with van der Waals surface area (Å²) >= 11 is 0. The van der Waals surface area contributed by atoms with Crippen LogP contribution in [0.15, 0.2) is 48.5 Å². The molecule has 3 nitrogen and oxygen atoms in total. The minimum absolute atomic E-state index is 0.0104. The lowest BCUT2D eigenvalue weighted by Gasteiger charge is -2.07. The van der Waals surface area contributed by atoms with Crippen molar-refractivity contribution in [3.63, 3.8) is 0 Å². The average Bonchev–Trinajstić information content (AvgIpc) is 2.54. The quantitative estimate of drug-likeness (QED) is 0.770. The first-order chi connectivity index (χ1) is 11.1. The standard InChI is InChI=1S/C20H23NO2/c1-3-4-6-16-9-11-17(12-10-16)13-20(23)21-19-8-5-7-18(14-19)15(2)22/h5,7-12,14H,3-4,6,13H2,1-2H3,(H,21,23). The number of amides is 1. The van der Waals surface area contributed by atoms with Crippen LogP contribution in [0.2, 0.25) is 0 Å². The van der Waals surface area contributed by atoms with Crippen LogP contribution < -0.4 is 5.32 Å². The summed E-state index contributed by atoms with van der Waals surface area (Å²) < 4.78 is 0. The van der Waals surface area contributed by atoms with Crippen LogP contribution in [0.5, 0.6) is 0 Å². The largest absolute Gasteiger partial charge is 0.326 e. The molecule has 1 amide bonds. The number of aryl methyl sites for hydroxylation is 1. The van der Waals surface area contributed by atoms with Crippen LogP contribution >= 0.6 is 0 Å². The van der Waals surface area contributed by atoms with Gasteiger partial charge in [0, 0.05) is 11.3 Å². The fourth-order valence-electron chi connectivity index (χ4n) is 2.41. The van der Waals surface area contributed by atoms with Gasteiger partial charge in [0.1, 0.15) is 0 Å². The molecule has 3 heteroatoms. The number of anilines is 1. The van der Waals surface area contributed by atoms with E-state index in [0.717, 1.165) is 12.0 Å². The number of unbranched alkanes of at least 4 members (excludes halogenated alkanes) is 1. The lowest BCUT2D eigenvalue weighted by Crippen LogP contribution is -2.14. The van der Waals surface area contributed by atoms with E-state index in [9.17, 15) is 9.59 Å². The number of carbonyl (C=O) groups is 2. The molecule has 120 valence electrons. The number of carbonyl (C=O) groups excluding carboxylic acids is 2. The predicted molar refractivity (Wildman–Crippen MR) is 93.8 cm³/mol. The van der Waals surface area contributed by atoms with Crippen LogP contribution in [-0.4, -0.2) is 11.7 Å². The van der Waals surface area contributed by atoms with Crippen LogP contribution in [0.25, 0.3) is 0 Å². The third-order valence-corrected chi connectivity index (χ3v) is 3.76. The first-order valence-electron chi connectivity index (χ1n) is 8.07. The van der Waals surface area contributed by atoms with Crippen molar-refractivity contribution in [2.24, 2.45) is 0 Å². The first-order valence-corrected chi connectivity index (χ1v) is 8.07. The second kappa shape index (κ2) is 8.28. The zero-order valence-electron chi connectivity index (χ0n) is 13.8. The number of ketones is 1. The van der Waals surface area contributed by atoms with Crippen molar-refractivity contribution < 1.29 is 9.59 Å². The van der Waals surface area contributed by atoms with Gasteiger partial charge >= 0.3 is 0 Å². The number of hydrogen-bond donors (Lipinski definition) is 1. The van der Waals surface area contributed by atoms with Crippen LogP contribution in [0.1, 0.15) is 48.2 Å². The molecule has 0 aliphatic rings. The van der Waals surface area contributed by atoms with Crippen LogP contribution in [-0.2, 0) is 17.6 Å². The van der Waals surface area contributed by atoms with Crippen LogP contribution in [0.4, 0.5) is 5.69 Å². The Morgan fingerprint density at radius 2 is 1.70 bits per heavy atom. The lowest BCUT2D eigenvalue weighted by molar-refractivity contribution is -0.115. The Labute approximate surface area is 137 Å². The van der Waals surface area contributed by atoms with Crippen molar-refractivity contribution >= 4 is 17.4 Å². The SMILES string of the molecule is CCCCc1ccc(CC(=O)Nc2cccc(C(C)=O)c2)cc1. The Morgan fingerprint density at radius 1 is 1.00 bits per heavy atom. The molecule has 0 atom stereocenters. The van der Waals surface area contributed by atoms with E-state index in [-0.39, 0.29) is 11.7 Å². The van der Waals surface area contributed by atoms with E-state index in [1.165, 1.54) is 25.3 Å². The van der Waals surface area contributed by atoms with E-state index in [1.54, 1.807) is 24.3 Å². The Balaban J connectivity index is 1.94. The number of Topliss-reactive ketones (excluding diaryl/α,β-unsaturated/α-hetero) is 1. The zero-order chi connectivity index (χ0) is 16.7. The number of benzene rings is 2. The highest BCUT2D eigenvalue weighted by Gasteiger charge is 2.06. The first kappa shape index (κ1) is 16.9. The summed E-state index contributed by atoms with van der Waals surface area (Å²) in [6.45, 7) is 3.70. The average molecular weight is 309 g/mol. The van der Waals surface area contributed by atoms with Gasteiger partial charge in [-0.25, -0.2) is 0 Å². The summed E-state index contributed by atoms with van der Waals surface area (Å²) in [5.74, 6) is -0.0872. The van der Waals surface area contributed by atoms with Crippen molar-refractivity contribution in [3.05, 3.63) is 65.2 Å². The van der Waals surface area contributed by atoms with Crippen molar-refractivity contribution in [2.75, 3.05) is 5.32 Å². The monoisotopic (exact) mass is 309 g/mol. The summed E-state index contributed by atoms with van der Waals surface area (Å²) in [4.78, 5) is 23.5. The van der Waals surface area contributed by atoms with E-state index in [4.69, 9.17) is 0 Å². The maximum Gasteiger partial charge on any atom is 0.228 e. The van der Waals surface area contributed by atoms with Gasteiger partial charge in [-0.3, -0.25) is 9.59 Å². The summed E-state index contributed by atoms with van der Waals surface area (Å²) in [5, 5.41) is 2.84. The van der Waals surface area contributed by atoms with Crippen molar-refractivity contribution in [3.8, 4) is 0 Å². The van der Waals surface area contributed by atoms with Gasteiger partial charge in [-0.1, -0.05) is 49.7 Å². The third-order valence-electron chi connectivity index (χ3n) is 3.76. The highest BCUT2D eigenvalue weighted by molar-refractivity contribution is 5.97. The van der Waals surface area contributed by atoms with Crippen molar-refractivity contribution in [1.82, 2.24) is 0 Å². The van der Waals surface area contributed by atoms with E-state index < -0.39 is 0 Å². The molecule has 0 fully saturated rings. The highest BCUT2D eigenvalue weighted by Crippen LogP contribution is 2.13. The van der Waals surface area contributed by atoms with E-state index in [1.807, 2.05) is 12.1 Å². The molecule has 23 heavy (non-hydrogen) atoms. The molecule has 2 aromatic rings. The van der Waals surface area contributed by atoms with Gasteiger partial charge in [-0.05, 0) is 43.0 Å². The molecular weight excluding hydrogens is 286 g/mol. The fourth-order valence-corrected chi connectivity index (χ4v) is 2.41. The number of rotatable bonds is 7. The molecule has 0 heterocycles. The molecule has 0 aliphatic heterocycles. The maximum absolute atomic E-state index is 12.1. The molecule has 0 saturated heterocycles. The van der Waals surface area contributed by atoms with Gasteiger partial charge in [0.05, 0.1) is 6.42 Å². The second-order valence-electron chi connectivity index (χ2n) is 5.78. The molecular formula is C20H23NO2. The Hall–Kier alpha value is -2.42. The molecule has 0 radical (unpaired) electrons. The molecule has 0 saturated carbocycles. The van der Waals surface area contributed by atoms with Gasteiger partial charge in [0.15, 0.2) is 5.78 Å². The van der Waals surface area contributed by atoms with Gasteiger partial charge < -0.3 is 5.32 Å². The van der Waals surface area contributed by atoms with E-state index >= 15 is 0 Å². The highest BCUT2D eigenvalue weighted by atomic mass is 16.1. The number of hydrogen-bond acceptors (Lipinski definition) is 2. The molecule has 2 rings (SSSR count). The van der Waals surface area contributed by atoms with Gasteiger partial charge in [0.25, 0.3) is 0 Å². The van der Waals surface area contributed by atoms with Crippen LogP contribution in [0.3, 0.4) is 0 Å². The molecule has 0 unspecified atom stereocenters. The van der Waals surface area contributed by atoms with Gasteiger partial charge in [-0.15, -0.1) is 0 Å². The smallest absolute Gasteiger partial charge is 0.228 e. The van der Waals surface area contributed by atoms with Crippen molar-refractivity contribution in [2.45, 2.75) is 39.5 Å². The Bertz CT molecular complexity index is 674. The third kappa shape index (κ3) is 5.37. The molecule has 0 aliphatic carbocycles. The van der Waals surface area contributed by atoms with E-state index in [0.29, 0.717) is 17.7 Å². The fraction of sp³-hybridized carbons (Fsp3) is 0.300. The normalized spacial score (nSPS) is 10.3. The summed E-state index contributed by atoms with van der Waals surface area (Å²) in [7, 11) is 0. The minimum atomic E-state index is -0.0768. The van der Waals surface area contributed by atoms with E-state index in [2.05, 4.69) is 24.4 Å². The van der Waals surface area contributed by atoms with Gasteiger partial charge in [-0.2, -0.15) is 0 Å². The maximum atomic E-state index is 12.1. The molecule has 1 N–H and O–H groups in total. The topological polar surface area (TPSA) is 46.2 Å². The minimum Gasteiger partial charge on any atom is -0.326 e. The molecule has 0 spiro atoms. The van der Waals surface area contributed by atoms with Crippen LogP contribution in [0, 0.1) is 0 Å². The summed E-state index contributed by atoms with van der Waals surface area (Å²) in [5.41, 5.74) is 3.56. The molecule has 0 bridgehead atoms. The lowest BCUT2D eigenvalue weighted by atomic mass is 10.0. The molecule has 0 aromatic heterocycles.